The maximum Gasteiger partial charge on any atom is 0.319 e. The molecule has 6 nitrogen and oxygen atoms in total. The Labute approximate surface area is 137 Å². The van der Waals surface area contributed by atoms with Crippen LogP contribution >= 0.6 is 0 Å². The number of aromatic nitrogens is 2. The number of anilines is 2. The molecular formula is C17H23N5O. The van der Waals surface area contributed by atoms with Crippen molar-refractivity contribution in [1.82, 2.24) is 15.3 Å². The lowest BCUT2D eigenvalue weighted by Gasteiger charge is -2.14. The van der Waals surface area contributed by atoms with E-state index in [0.29, 0.717) is 5.82 Å². The van der Waals surface area contributed by atoms with Crippen molar-refractivity contribution in [3.63, 3.8) is 0 Å². The van der Waals surface area contributed by atoms with Gasteiger partial charge in [0, 0.05) is 31.5 Å². The van der Waals surface area contributed by atoms with E-state index in [1.807, 2.05) is 56.3 Å². The van der Waals surface area contributed by atoms with Gasteiger partial charge in [0.1, 0.15) is 11.6 Å². The summed E-state index contributed by atoms with van der Waals surface area (Å²) in [5.41, 5.74) is 2.80. The largest absolute Gasteiger partial charge is 0.363 e. The van der Waals surface area contributed by atoms with Gasteiger partial charge in [0.15, 0.2) is 0 Å². The molecule has 2 N–H and O–H groups in total. The summed E-state index contributed by atoms with van der Waals surface area (Å²) in [6.07, 6.45) is 0.865. The number of nitrogens with zero attached hydrogens (tertiary/aromatic N) is 3. The zero-order valence-electron chi connectivity index (χ0n) is 14.1. The van der Waals surface area contributed by atoms with Crippen molar-refractivity contribution in [3.05, 3.63) is 47.4 Å². The number of hydrogen-bond donors (Lipinski definition) is 2. The van der Waals surface area contributed by atoms with Crippen molar-refractivity contribution in [2.45, 2.75) is 26.8 Å². The van der Waals surface area contributed by atoms with Gasteiger partial charge in [0.05, 0.1) is 6.54 Å². The van der Waals surface area contributed by atoms with E-state index >= 15 is 0 Å². The number of nitrogens with one attached hydrogen (secondary N) is 2. The molecule has 0 fully saturated rings. The van der Waals surface area contributed by atoms with Crippen LogP contribution in [0.15, 0.2) is 30.3 Å². The molecule has 2 amide bonds. The van der Waals surface area contributed by atoms with E-state index in [-0.39, 0.29) is 12.6 Å². The normalized spacial score (nSPS) is 10.3. The number of carbonyl (C=O) groups excluding carboxylic acids is 1. The number of aryl methyl sites for hydroxylation is 2. The highest BCUT2D eigenvalue weighted by molar-refractivity contribution is 5.90. The molecule has 2 rings (SSSR count). The van der Waals surface area contributed by atoms with Crippen LogP contribution in [-0.2, 0) is 13.0 Å². The summed E-state index contributed by atoms with van der Waals surface area (Å²) in [5, 5.41) is 5.67. The van der Waals surface area contributed by atoms with Crippen molar-refractivity contribution in [3.8, 4) is 0 Å². The summed E-state index contributed by atoms with van der Waals surface area (Å²) >= 11 is 0. The fraction of sp³-hybridized carbons (Fsp3) is 0.353. The average molecular weight is 313 g/mol. The summed E-state index contributed by atoms with van der Waals surface area (Å²) in [6.45, 7) is 4.25. The molecule has 0 aliphatic rings. The molecule has 0 radical (unpaired) electrons. The third-order valence-corrected chi connectivity index (χ3v) is 3.40. The molecule has 0 saturated heterocycles. The molecule has 6 heteroatoms. The van der Waals surface area contributed by atoms with Gasteiger partial charge in [-0.1, -0.05) is 25.1 Å². The van der Waals surface area contributed by atoms with Crippen LogP contribution in [0.4, 0.5) is 16.3 Å². The van der Waals surface area contributed by atoms with Gasteiger partial charge in [-0.2, -0.15) is 0 Å². The molecule has 1 aromatic carbocycles. The second-order valence-corrected chi connectivity index (χ2v) is 5.50. The Morgan fingerprint density at radius 3 is 2.65 bits per heavy atom. The fourth-order valence-corrected chi connectivity index (χ4v) is 2.20. The Bertz CT molecular complexity index is 684. The number of rotatable bonds is 5. The maximum absolute atomic E-state index is 12.1. The number of amides is 2. The minimum Gasteiger partial charge on any atom is -0.363 e. The smallest absolute Gasteiger partial charge is 0.319 e. The lowest BCUT2D eigenvalue weighted by Crippen LogP contribution is -2.29. The fourth-order valence-electron chi connectivity index (χ4n) is 2.20. The third-order valence-electron chi connectivity index (χ3n) is 3.40. The number of urea groups is 1. The van der Waals surface area contributed by atoms with Gasteiger partial charge in [-0.25, -0.2) is 14.8 Å². The molecule has 0 bridgehead atoms. The molecule has 0 atom stereocenters. The highest BCUT2D eigenvalue weighted by atomic mass is 16.2. The van der Waals surface area contributed by atoms with Crippen LogP contribution in [0.2, 0.25) is 0 Å². The Morgan fingerprint density at radius 1 is 1.22 bits per heavy atom. The van der Waals surface area contributed by atoms with Gasteiger partial charge in [0.25, 0.3) is 0 Å². The van der Waals surface area contributed by atoms with E-state index in [1.165, 1.54) is 0 Å². The molecule has 2 aromatic rings. The monoisotopic (exact) mass is 313 g/mol. The van der Waals surface area contributed by atoms with Gasteiger partial charge in [-0.3, -0.25) is 0 Å². The predicted octanol–water partition coefficient (Wildman–Crippen LogP) is 2.74. The standard InChI is InChI=1S/C17H23N5O/c1-5-13-8-6-7-9-14(13)20-17(23)18-11-15-19-12(2)10-16(21-15)22(3)4/h6-10H,5,11H2,1-4H3,(H2,18,20,23). The van der Waals surface area contributed by atoms with Crippen LogP contribution in [0.3, 0.4) is 0 Å². The molecular weight excluding hydrogens is 290 g/mol. The Balaban J connectivity index is 1.99. The topological polar surface area (TPSA) is 70.2 Å². The summed E-state index contributed by atoms with van der Waals surface area (Å²) in [4.78, 5) is 22.7. The average Bonchev–Trinajstić information content (AvgIpc) is 2.53. The number of hydrogen-bond acceptors (Lipinski definition) is 4. The van der Waals surface area contributed by atoms with Gasteiger partial charge in [0.2, 0.25) is 0 Å². The van der Waals surface area contributed by atoms with Gasteiger partial charge >= 0.3 is 6.03 Å². The first kappa shape index (κ1) is 16.7. The molecule has 0 aliphatic heterocycles. The van der Waals surface area contributed by atoms with Crippen molar-refractivity contribution in [2.75, 3.05) is 24.3 Å². The molecule has 0 saturated carbocycles. The highest BCUT2D eigenvalue weighted by Gasteiger charge is 2.08. The first-order chi connectivity index (χ1) is 11.0. The predicted molar refractivity (Wildman–Crippen MR) is 92.8 cm³/mol. The van der Waals surface area contributed by atoms with E-state index in [9.17, 15) is 4.79 Å². The van der Waals surface area contributed by atoms with Crippen LogP contribution in [0.1, 0.15) is 24.0 Å². The summed E-state index contributed by atoms with van der Waals surface area (Å²) in [5.74, 6) is 1.42. The molecule has 122 valence electrons. The van der Waals surface area contributed by atoms with Gasteiger partial charge in [-0.15, -0.1) is 0 Å². The molecule has 1 heterocycles. The zero-order valence-corrected chi connectivity index (χ0v) is 14.1. The third kappa shape index (κ3) is 4.67. The van der Waals surface area contributed by atoms with E-state index in [0.717, 1.165) is 29.2 Å². The SMILES string of the molecule is CCc1ccccc1NC(=O)NCc1nc(C)cc(N(C)C)n1. The minimum atomic E-state index is -0.262. The Kier molecular flexibility index (Phi) is 5.51. The van der Waals surface area contributed by atoms with E-state index < -0.39 is 0 Å². The van der Waals surface area contributed by atoms with E-state index in [2.05, 4.69) is 27.5 Å². The number of benzene rings is 1. The molecule has 0 aliphatic carbocycles. The van der Waals surface area contributed by atoms with Crippen molar-refractivity contribution in [2.24, 2.45) is 0 Å². The Hall–Kier alpha value is -2.63. The molecule has 1 aromatic heterocycles. The van der Waals surface area contributed by atoms with E-state index in [1.54, 1.807) is 0 Å². The molecule has 23 heavy (non-hydrogen) atoms. The highest BCUT2D eigenvalue weighted by Crippen LogP contribution is 2.15. The van der Waals surface area contributed by atoms with Crippen LogP contribution < -0.4 is 15.5 Å². The van der Waals surface area contributed by atoms with E-state index in [4.69, 9.17) is 0 Å². The van der Waals surface area contributed by atoms with Crippen molar-refractivity contribution < 1.29 is 4.79 Å². The Morgan fingerprint density at radius 2 is 1.96 bits per heavy atom. The zero-order chi connectivity index (χ0) is 16.8. The lowest BCUT2D eigenvalue weighted by molar-refractivity contribution is 0.251. The molecule has 0 unspecified atom stereocenters. The van der Waals surface area contributed by atoms with Crippen LogP contribution in [0.25, 0.3) is 0 Å². The quantitative estimate of drug-likeness (QED) is 0.890. The number of para-hydroxylation sites is 1. The summed E-state index contributed by atoms with van der Waals surface area (Å²) in [6, 6.07) is 9.41. The minimum absolute atomic E-state index is 0.262. The van der Waals surface area contributed by atoms with Crippen LogP contribution in [0, 0.1) is 6.92 Å². The summed E-state index contributed by atoms with van der Waals surface area (Å²) in [7, 11) is 3.85. The first-order valence-electron chi connectivity index (χ1n) is 7.64. The van der Waals surface area contributed by atoms with Gasteiger partial charge < -0.3 is 15.5 Å². The van der Waals surface area contributed by atoms with Crippen LogP contribution in [0.5, 0.6) is 0 Å². The number of carbonyl (C=O) groups is 1. The second kappa shape index (κ2) is 7.58. The van der Waals surface area contributed by atoms with Crippen molar-refractivity contribution >= 4 is 17.5 Å². The lowest BCUT2D eigenvalue weighted by atomic mass is 10.1. The van der Waals surface area contributed by atoms with Crippen molar-refractivity contribution in [1.29, 1.82) is 0 Å². The summed E-state index contributed by atoms with van der Waals surface area (Å²) < 4.78 is 0. The molecule has 0 spiro atoms. The second-order valence-electron chi connectivity index (χ2n) is 5.50. The first-order valence-corrected chi connectivity index (χ1v) is 7.64. The maximum atomic E-state index is 12.1. The van der Waals surface area contributed by atoms with Gasteiger partial charge in [-0.05, 0) is 25.0 Å². The van der Waals surface area contributed by atoms with Crippen LogP contribution in [-0.4, -0.2) is 30.1 Å².